The largest absolute Gasteiger partial charge is 0.481 e. The van der Waals surface area contributed by atoms with Crippen molar-refractivity contribution in [3.05, 3.63) is 12.2 Å². The second-order valence-electron chi connectivity index (χ2n) is 5.83. The minimum absolute atomic E-state index is 0.150. The molecule has 0 aliphatic carbocycles. The number of aliphatic carboxylic acids is 1. The summed E-state index contributed by atoms with van der Waals surface area (Å²) in [4.78, 5) is 36.9. The first kappa shape index (κ1) is 18.2. The predicted octanol–water partition coefficient (Wildman–Crippen LogP) is 1.56. The SMILES string of the molecule is CC1NC(=O)C(CC(=O)O)CCCC=CCCCN(C)C1=O. The van der Waals surface area contributed by atoms with Gasteiger partial charge in [-0.2, -0.15) is 0 Å². The molecule has 0 fully saturated rings. The smallest absolute Gasteiger partial charge is 0.304 e. The second-order valence-corrected chi connectivity index (χ2v) is 5.83. The Labute approximate surface area is 131 Å². The van der Waals surface area contributed by atoms with Crippen molar-refractivity contribution in [3.8, 4) is 0 Å². The first-order valence-electron chi connectivity index (χ1n) is 7.84. The summed E-state index contributed by atoms with van der Waals surface area (Å²) in [6.07, 6.45) is 7.87. The summed E-state index contributed by atoms with van der Waals surface area (Å²) in [6, 6.07) is -0.632. The topological polar surface area (TPSA) is 86.7 Å². The average Bonchev–Trinajstić information content (AvgIpc) is 2.46. The van der Waals surface area contributed by atoms with Gasteiger partial charge in [0, 0.05) is 19.5 Å². The van der Waals surface area contributed by atoms with Gasteiger partial charge in [-0.1, -0.05) is 12.2 Å². The summed E-state index contributed by atoms with van der Waals surface area (Å²) < 4.78 is 0. The third-order valence-electron chi connectivity index (χ3n) is 3.85. The van der Waals surface area contributed by atoms with Crippen LogP contribution in [0.1, 0.15) is 45.4 Å². The van der Waals surface area contributed by atoms with Gasteiger partial charge in [0.1, 0.15) is 6.04 Å². The third-order valence-corrected chi connectivity index (χ3v) is 3.85. The van der Waals surface area contributed by atoms with Crippen molar-refractivity contribution in [2.24, 2.45) is 5.92 Å². The first-order valence-corrected chi connectivity index (χ1v) is 7.84. The number of hydrogen-bond donors (Lipinski definition) is 2. The zero-order valence-electron chi connectivity index (χ0n) is 13.4. The molecule has 1 aliphatic rings. The van der Waals surface area contributed by atoms with E-state index in [1.165, 1.54) is 0 Å². The van der Waals surface area contributed by atoms with Crippen LogP contribution in [0.25, 0.3) is 0 Å². The second kappa shape index (κ2) is 9.23. The number of amides is 2. The highest BCUT2D eigenvalue weighted by atomic mass is 16.4. The van der Waals surface area contributed by atoms with Gasteiger partial charge in [0.2, 0.25) is 11.8 Å². The Balaban J connectivity index is 2.79. The number of rotatable bonds is 2. The van der Waals surface area contributed by atoms with Crippen LogP contribution < -0.4 is 5.32 Å². The van der Waals surface area contributed by atoms with E-state index in [1.807, 2.05) is 0 Å². The maximum Gasteiger partial charge on any atom is 0.304 e. The molecule has 0 aromatic carbocycles. The van der Waals surface area contributed by atoms with Crippen molar-refractivity contribution in [2.45, 2.75) is 51.5 Å². The molecule has 1 rings (SSSR count). The fourth-order valence-corrected chi connectivity index (χ4v) is 2.53. The van der Waals surface area contributed by atoms with Crippen LogP contribution >= 0.6 is 0 Å². The average molecular weight is 310 g/mol. The number of carboxylic acid groups (broad SMARTS) is 1. The van der Waals surface area contributed by atoms with E-state index in [0.29, 0.717) is 13.0 Å². The van der Waals surface area contributed by atoms with Crippen LogP contribution in [0, 0.1) is 5.92 Å². The lowest BCUT2D eigenvalue weighted by Crippen LogP contribution is -2.47. The molecule has 6 heteroatoms. The van der Waals surface area contributed by atoms with E-state index in [2.05, 4.69) is 17.5 Å². The van der Waals surface area contributed by atoms with Gasteiger partial charge in [-0.05, 0) is 39.0 Å². The highest BCUT2D eigenvalue weighted by Crippen LogP contribution is 2.15. The van der Waals surface area contributed by atoms with Crippen molar-refractivity contribution in [3.63, 3.8) is 0 Å². The molecule has 1 aliphatic heterocycles. The Morgan fingerprint density at radius 2 is 1.95 bits per heavy atom. The van der Waals surface area contributed by atoms with Gasteiger partial charge >= 0.3 is 5.97 Å². The molecule has 0 saturated heterocycles. The monoisotopic (exact) mass is 310 g/mol. The molecule has 6 nitrogen and oxygen atoms in total. The molecule has 0 aromatic rings. The minimum Gasteiger partial charge on any atom is -0.481 e. The highest BCUT2D eigenvalue weighted by molar-refractivity contribution is 5.89. The van der Waals surface area contributed by atoms with Crippen LogP contribution in [-0.2, 0) is 14.4 Å². The molecule has 0 spiro atoms. The number of nitrogens with one attached hydrogen (secondary N) is 1. The number of carbonyl (C=O) groups excluding carboxylic acids is 2. The van der Waals surface area contributed by atoms with E-state index in [-0.39, 0.29) is 18.2 Å². The van der Waals surface area contributed by atoms with Crippen LogP contribution in [-0.4, -0.2) is 47.4 Å². The molecule has 0 aromatic heterocycles. The van der Waals surface area contributed by atoms with Crippen LogP contribution in [0.4, 0.5) is 0 Å². The lowest BCUT2D eigenvalue weighted by atomic mass is 9.96. The van der Waals surface area contributed by atoms with Gasteiger partial charge in [-0.25, -0.2) is 0 Å². The van der Waals surface area contributed by atoms with Crippen molar-refractivity contribution < 1.29 is 19.5 Å². The van der Waals surface area contributed by atoms with Gasteiger partial charge in [0.05, 0.1) is 6.42 Å². The molecule has 0 bridgehead atoms. The number of allylic oxidation sites excluding steroid dienone is 2. The third kappa shape index (κ3) is 6.28. The van der Waals surface area contributed by atoms with E-state index in [0.717, 1.165) is 25.7 Å². The molecule has 124 valence electrons. The zero-order valence-corrected chi connectivity index (χ0v) is 13.4. The normalized spacial score (nSPS) is 25.5. The quantitative estimate of drug-likeness (QED) is 0.758. The van der Waals surface area contributed by atoms with Gasteiger partial charge < -0.3 is 15.3 Å². The molecule has 1 heterocycles. The molecule has 2 N–H and O–H groups in total. The summed E-state index contributed by atoms with van der Waals surface area (Å²) in [5, 5.41) is 11.6. The standard InChI is InChI=1S/C16H26N2O4/c1-12-16(22)18(2)10-8-6-4-3-5-7-9-13(11-14(19)20)15(21)17-12/h3-4,12-13H,5-11H2,1-2H3,(H,17,21)(H,19,20). The highest BCUT2D eigenvalue weighted by Gasteiger charge is 2.25. The molecule has 2 amide bonds. The first-order chi connectivity index (χ1) is 10.4. The van der Waals surface area contributed by atoms with Crippen LogP contribution in [0.15, 0.2) is 12.2 Å². The maximum atomic E-state index is 12.2. The van der Waals surface area contributed by atoms with Crippen molar-refractivity contribution in [2.75, 3.05) is 13.6 Å². The van der Waals surface area contributed by atoms with E-state index in [4.69, 9.17) is 5.11 Å². The van der Waals surface area contributed by atoms with Gasteiger partial charge in [0.25, 0.3) is 0 Å². The van der Waals surface area contributed by atoms with Crippen LogP contribution in [0.3, 0.4) is 0 Å². The fraction of sp³-hybridized carbons (Fsp3) is 0.688. The molecule has 0 radical (unpaired) electrons. The van der Waals surface area contributed by atoms with Crippen LogP contribution in [0.5, 0.6) is 0 Å². The van der Waals surface area contributed by atoms with Crippen molar-refractivity contribution in [1.29, 1.82) is 0 Å². The lowest BCUT2D eigenvalue weighted by molar-refractivity contribution is -0.142. The number of likely N-dealkylation sites (N-methyl/N-ethyl adjacent to an activating group) is 1. The Morgan fingerprint density at radius 1 is 1.32 bits per heavy atom. The van der Waals surface area contributed by atoms with E-state index in [1.54, 1.807) is 18.9 Å². The van der Waals surface area contributed by atoms with Gasteiger partial charge in [-0.15, -0.1) is 0 Å². The molecule has 2 atom stereocenters. The Hall–Kier alpha value is -1.85. The summed E-state index contributed by atoms with van der Waals surface area (Å²) in [6.45, 7) is 2.28. The molecule has 2 unspecified atom stereocenters. The van der Waals surface area contributed by atoms with E-state index in [9.17, 15) is 14.4 Å². The molecular weight excluding hydrogens is 284 g/mol. The zero-order chi connectivity index (χ0) is 16.5. The molecule has 0 saturated carbocycles. The maximum absolute atomic E-state index is 12.2. The summed E-state index contributed by atoms with van der Waals surface area (Å²) >= 11 is 0. The van der Waals surface area contributed by atoms with Gasteiger partial charge in [0.15, 0.2) is 0 Å². The predicted molar refractivity (Wildman–Crippen MR) is 83.2 cm³/mol. The number of carboxylic acids is 1. The Bertz CT molecular complexity index is 434. The number of nitrogens with zero attached hydrogens (tertiary/aromatic N) is 1. The van der Waals surface area contributed by atoms with Crippen molar-refractivity contribution in [1.82, 2.24) is 10.2 Å². The summed E-state index contributed by atoms with van der Waals surface area (Å²) in [5.74, 6) is -2.08. The van der Waals surface area contributed by atoms with Crippen LogP contribution in [0.2, 0.25) is 0 Å². The molecular formula is C16H26N2O4. The lowest BCUT2D eigenvalue weighted by Gasteiger charge is -2.24. The van der Waals surface area contributed by atoms with Crippen molar-refractivity contribution >= 4 is 17.8 Å². The number of hydrogen-bond acceptors (Lipinski definition) is 3. The Morgan fingerprint density at radius 3 is 2.59 bits per heavy atom. The Kier molecular flexibility index (Phi) is 7.63. The summed E-state index contributed by atoms with van der Waals surface area (Å²) in [7, 11) is 1.72. The van der Waals surface area contributed by atoms with E-state index < -0.39 is 17.9 Å². The fourth-order valence-electron chi connectivity index (χ4n) is 2.53. The van der Waals surface area contributed by atoms with E-state index >= 15 is 0 Å². The van der Waals surface area contributed by atoms with Gasteiger partial charge in [-0.3, -0.25) is 14.4 Å². The molecule has 22 heavy (non-hydrogen) atoms. The number of carbonyl (C=O) groups is 3. The summed E-state index contributed by atoms with van der Waals surface area (Å²) in [5.41, 5.74) is 0. The minimum atomic E-state index is -0.993.